The van der Waals surface area contributed by atoms with Crippen molar-refractivity contribution in [3.8, 4) is 0 Å². The zero-order valence-corrected chi connectivity index (χ0v) is 11.9. The lowest BCUT2D eigenvalue weighted by molar-refractivity contribution is -0.121. The summed E-state index contributed by atoms with van der Waals surface area (Å²) in [4.78, 5) is 11.6. The number of aryl methyl sites for hydroxylation is 2. The van der Waals surface area contributed by atoms with Crippen molar-refractivity contribution in [2.24, 2.45) is 0 Å². The Kier molecular flexibility index (Phi) is 6.29. The Bertz CT molecular complexity index is 418. The summed E-state index contributed by atoms with van der Waals surface area (Å²) < 4.78 is 10.3. The molecule has 0 bridgehead atoms. The molecule has 0 saturated heterocycles. The van der Waals surface area contributed by atoms with Gasteiger partial charge in [-0.1, -0.05) is 17.3 Å². The van der Waals surface area contributed by atoms with Crippen LogP contribution in [0.5, 0.6) is 0 Å². The lowest BCUT2D eigenvalue weighted by atomic mass is 10.1. The minimum atomic E-state index is 0.0129. The highest BCUT2D eigenvalue weighted by Gasteiger charge is 2.10. The number of carbonyl (C=O) groups is 1. The number of hydrogen-bond acceptors (Lipinski definition) is 4. The fourth-order valence-electron chi connectivity index (χ4n) is 1.69. The van der Waals surface area contributed by atoms with Crippen molar-refractivity contribution in [3.05, 3.63) is 29.2 Å². The van der Waals surface area contributed by atoms with Crippen LogP contribution in [-0.2, 0) is 16.0 Å². The highest BCUT2D eigenvalue weighted by molar-refractivity contribution is 5.76. The van der Waals surface area contributed by atoms with Crippen LogP contribution in [0.4, 0.5) is 0 Å². The Morgan fingerprint density at radius 3 is 2.79 bits per heavy atom. The first kappa shape index (κ1) is 15.4. The van der Waals surface area contributed by atoms with Crippen LogP contribution in [0.15, 0.2) is 16.7 Å². The molecule has 1 N–H and O–H groups in total. The molecule has 0 saturated carbocycles. The van der Waals surface area contributed by atoms with Crippen molar-refractivity contribution in [2.45, 2.75) is 33.6 Å². The van der Waals surface area contributed by atoms with Gasteiger partial charge in [-0.3, -0.25) is 4.79 Å². The molecule has 0 aliphatic rings. The van der Waals surface area contributed by atoms with E-state index in [1.54, 1.807) is 0 Å². The van der Waals surface area contributed by atoms with Gasteiger partial charge in [0.15, 0.2) is 0 Å². The van der Waals surface area contributed by atoms with Gasteiger partial charge in [0, 0.05) is 18.5 Å². The number of aromatic nitrogens is 1. The second-order valence-corrected chi connectivity index (χ2v) is 4.66. The van der Waals surface area contributed by atoms with E-state index in [0.29, 0.717) is 32.6 Å². The van der Waals surface area contributed by atoms with Gasteiger partial charge in [-0.15, -0.1) is 0 Å². The van der Waals surface area contributed by atoms with Crippen molar-refractivity contribution in [3.63, 3.8) is 0 Å². The van der Waals surface area contributed by atoms with E-state index < -0.39 is 0 Å². The maximum atomic E-state index is 11.6. The average molecular weight is 266 g/mol. The summed E-state index contributed by atoms with van der Waals surface area (Å²) in [6, 6.07) is 0. The highest BCUT2D eigenvalue weighted by Crippen LogP contribution is 2.13. The minimum Gasteiger partial charge on any atom is -0.375 e. The maximum absolute atomic E-state index is 11.6. The first-order valence-electron chi connectivity index (χ1n) is 6.41. The summed E-state index contributed by atoms with van der Waals surface area (Å²) >= 11 is 0. The summed E-state index contributed by atoms with van der Waals surface area (Å²) in [7, 11) is 0. The average Bonchev–Trinajstić information content (AvgIpc) is 2.66. The van der Waals surface area contributed by atoms with Crippen LogP contribution in [0.3, 0.4) is 0 Å². The zero-order valence-electron chi connectivity index (χ0n) is 11.9. The number of carbonyl (C=O) groups excluding carboxylic acids is 1. The van der Waals surface area contributed by atoms with Crippen LogP contribution in [-0.4, -0.2) is 30.8 Å². The van der Waals surface area contributed by atoms with Crippen molar-refractivity contribution in [2.75, 3.05) is 19.8 Å². The molecule has 5 heteroatoms. The molecular weight excluding hydrogens is 244 g/mol. The van der Waals surface area contributed by atoms with E-state index in [4.69, 9.17) is 9.26 Å². The van der Waals surface area contributed by atoms with E-state index in [0.717, 1.165) is 22.6 Å². The van der Waals surface area contributed by atoms with Crippen molar-refractivity contribution in [1.29, 1.82) is 0 Å². The fraction of sp³-hybridized carbons (Fsp3) is 0.571. The molecule has 0 unspecified atom stereocenters. The number of ether oxygens (including phenoxy) is 1. The van der Waals surface area contributed by atoms with Gasteiger partial charge in [-0.25, -0.2) is 0 Å². The van der Waals surface area contributed by atoms with E-state index >= 15 is 0 Å². The Labute approximate surface area is 114 Å². The summed E-state index contributed by atoms with van der Waals surface area (Å²) in [6.45, 7) is 10.9. The summed E-state index contributed by atoms with van der Waals surface area (Å²) in [5.74, 6) is 0.800. The van der Waals surface area contributed by atoms with Gasteiger partial charge in [0.05, 0.1) is 18.9 Å². The second kappa shape index (κ2) is 7.74. The van der Waals surface area contributed by atoms with Crippen LogP contribution in [0.25, 0.3) is 0 Å². The van der Waals surface area contributed by atoms with Crippen LogP contribution >= 0.6 is 0 Å². The number of rotatable bonds is 8. The third kappa shape index (κ3) is 5.70. The SMILES string of the molecule is C=C(C)COCCNC(=O)CCc1c(C)noc1C. The van der Waals surface area contributed by atoms with Gasteiger partial charge in [-0.2, -0.15) is 0 Å². The molecule has 1 amide bonds. The molecule has 0 aliphatic heterocycles. The molecule has 1 heterocycles. The molecule has 0 atom stereocenters. The first-order valence-corrected chi connectivity index (χ1v) is 6.41. The third-order valence-electron chi connectivity index (χ3n) is 2.70. The van der Waals surface area contributed by atoms with Crippen molar-refractivity contribution >= 4 is 5.91 Å². The molecule has 1 aromatic rings. The molecule has 0 radical (unpaired) electrons. The van der Waals surface area contributed by atoms with Gasteiger partial charge in [0.2, 0.25) is 5.91 Å². The topological polar surface area (TPSA) is 64.4 Å². The van der Waals surface area contributed by atoms with E-state index in [1.807, 2.05) is 20.8 Å². The molecule has 19 heavy (non-hydrogen) atoms. The second-order valence-electron chi connectivity index (χ2n) is 4.66. The Morgan fingerprint density at radius 2 is 2.21 bits per heavy atom. The largest absolute Gasteiger partial charge is 0.375 e. The van der Waals surface area contributed by atoms with E-state index in [1.165, 1.54) is 0 Å². The number of nitrogens with zero attached hydrogens (tertiary/aromatic N) is 1. The molecule has 106 valence electrons. The highest BCUT2D eigenvalue weighted by atomic mass is 16.5. The normalized spacial score (nSPS) is 10.5. The van der Waals surface area contributed by atoms with Gasteiger partial charge >= 0.3 is 0 Å². The summed E-state index contributed by atoms with van der Waals surface area (Å²) in [6.07, 6.45) is 1.09. The van der Waals surface area contributed by atoms with Gasteiger partial charge in [0.25, 0.3) is 0 Å². The van der Waals surface area contributed by atoms with Crippen LogP contribution < -0.4 is 5.32 Å². The van der Waals surface area contributed by atoms with Crippen LogP contribution in [0.2, 0.25) is 0 Å². The molecule has 1 aromatic heterocycles. The van der Waals surface area contributed by atoms with Crippen LogP contribution in [0.1, 0.15) is 30.4 Å². The standard InChI is InChI=1S/C14H22N2O3/c1-10(2)9-18-8-7-15-14(17)6-5-13-11(3)16-19-12(13)4/h1,5-9H2,2-4H3,(H,15,17). The summed E-state index contributed by atoms with van der Waals surface area (Å²) in [5, 5.41) is 6.68. The van der Waals surface area contributed by atoms with Gasteiger partial charge in [0.1, 0.15) is 5.76 Å². The monoisotopic (exact) mass is 266 g/mol. The zero-order chi connectivity index (χ0) is 14.3. The minimum absolute atomic E-state index is 0.0129. The Balaban J connectivity index is 2.16. The third-order valence-corrected chi connectivity index (χ3v) is 2.70. The predicted octanol–water partition coefficient (Wildman–Crippen LogP) is 1.93. The lowest BCUT2D eigenvalue weighted by Gasteiger charge is -2.06. The van der Waals surface area contributed by atoms with E-state index in [2.05, 4.69) is 17.1 Å². The quantitative estimate of drug-likeness (QED) is 0.577. The fourth-order valence-corrected chi connectivity index (χ4v) is 1.69. The van der Waals surface area contributed by atoms with Gasteiger partial charge < -0.3 is 14.6 Å². The van der Waals surface area contributed by atoms with Crippen molar-refractivity contribution < 1.29 is 14.1 Å². The molecule has 0 spiro atoms. The van der Waals surface area contributed by atoms with Crippen LogP contribution in [0, 0.1) is 13.8 Å². The van der Waals surface area contributed by atoms with E-state index in [9.17, 15) is 4.79 Å². The van der Waals surface area contributed by atoms with Gasteiger partial charge in [-0.05, 0) is 27.2 Å². The number of hydrogen-bond donors (Lipinski definition) is 1. The first-order chi connectivity index (χ1) is 9.00. The van der Waals surface area contributed by atoms with Crippen molar-refractivity contribution in [1.82, 2.24) is 10.5 Å². The molecule has 0 fully saturated rings. The smallest absolute Gasteiger partial charge is 0.220 e. The molecule has 0 aromatic carbocycles. The maximum Gasteiger partial charge on any atom is 0.220 e. The molecular formula is C14H22N2O3. The Morgan fingerprint density at radius 1 is 1.47 bits per heavy atom. The Hall–Kier alpha value is -1.62. The summed E-state index contributed by atoms with van der Waals surface area (Å²) in [5.41, 5.74) is 2.86. The lowest BCUT2D eigenvalue weighted by Crippen LogP contribution is -2.27. The van der Waals surface area contributed by atoms with E-state index in [-0.39, 0.29) is 5.91 Å². The number of amides is 1. The molecule has 1 rings (SSSR count). The number of nitrogens with one attached hydrogen (secondary N) is 1. The molecule has 0 aliphatic carbocycles. The molecule has 5 nitrogen and oxygen atoms in total. The predicted molar refractivity (Wildman–Crippen MR) is 72.9 cm³/mol.